The molecule has 0 rings (SSSR count). The van der Waals surface area contributed by atoms with Gasteiger partial charge in [-0.15, -0.1) is 0 Å². The second-order valence-electron chi connectivity index (χ2n) is 1.31. The van der Waals surface area contributed by atoms with E-state index in [1.807, 2.05) is 0 Å². The number of rotatable bonds is 2. The highest BCUT2D eigenvalue weighted by Gasteiger charge is 2.03. The lowest BCUT2D eigenvalue weighted by Crippen LogP contribution is -2.24. The molecule has 0 radical (unpaired) electrons. The van der Waals surface area contributed by atoms with E-state index in [1.165, 1.54) is 0 Å². The van der Waals surface area contributed by atoms with Gasteiger partial charge in [0.05, 0.1) is 0 Å². The number of urea groups is 1. The van der Waals surface area contributed by atoms with Crippen molar-refractivity contribution in [3.63, 3.8) is 0 Å². The molecule has 6 heteroatoms. The fourth-order valence-electron chi connectivity index (χ4n) is 0.196. The van der Waals surface area contributed by atoms with E-state index in [0.717, 1.165) is 0 Å². The summed E-state index contributed by atoms with van der Waals surface area (Å²) in [6, 6.07) is -1.02. The molecule has 0 saturated heterocycles. The van der Waals surface area contributed by atoms with Gasteiger partial charge >= 0.3 is 12.0 Å². The van der Waals surface area contributed by atoms with E-state index >= 15 is 0 Å². The quantitative estimate of drug-likeness (QED) is 0.463. The molecule has 10 heavy (non-hydrogen) atoms. The van der Waals surface area contributed by atoms with Crippen LogP contribution in [0.1, 0.15) is 0 Å². The number of hydrogen-bond acceptors (Lipinski definition) is 2. The number of aliphatic carboxylic acids is 1. The van der Waals surface area contributed by atoms with Gasteiger partial charge < -0.3 is 16.2 Å². The second kappa shape index (κ2) is 3.44. The van der Waals surface area contributed by atoms with E-state index in [-0.39, 0.29) is 0 Å². The van der Waals surface area contributed by atoms with Crippen LogP contribution in [0.3, 0.4) is 0 Å². The Bertz CT molecular complexity index is 189. The van der Waals surface area contributed by atoms with Crippen molar-refractivity contribution in [2.24, 2.45) is 5.73 Å². The number of nitrogens with two attached hydrogens (primary N) is 1. The molecule has 0 heterocycles. The van der Waals surface area contributed by atoms with Crippen LogP contribution in [0.5, 0.6) is 0 Å². The van der Waals surface area contributed by atoms with Crippen LogP contribution in [-0.4, -0.2) is 17.1 Å². The van der Waals surface area contributed by atoms with E-state index in [2.05, 4.69) is 5.73 Å². The van der Waals surface area contributed by atoms with Crippen LogP contribution in [0.25, 0.3) is 0 Å². The van der Waals surface area contributed by atoms with Crippen LogP contribution in [0.4, 0.5) is 9.18 Å². The number of carbonyl (C=O) groups is 2. The lowest BCUT2D eigenvalue weighted by atomic mass is 10.6. The summed E-state index contributed by atoms with van der Waals surface area (Å²) in [5.74, 6) is -3.23. The van der Waals surface area contributed by atoms with Crippen LogP contribution < -0.4 is 11.1 Å². The van der Waals surface area contributed by atoms with Crippen molar-refractivity contribution in [2.75, 3.05) is 0 Å². The predicted octanol–water partition coefficient (Wildman–Crippen LogP) is -0.450. The zero-order valence-electron chi connectivity index (χ0n) is 4.80. The Hall–Kier alpha value is -1.59. The Balaban J connectivity index is 3.92. The van der Waals surface area contributed by atoms with Crippen molar-refractivity contribution < 1.29 is 19.1 Å². The molecule has 0 aliphatic heterocycles. The van der Waals surface area contributed by atoms with Gasteiger partial charge in [0, 0.05) is 6.20 Å². The zero-order chi connectivity index (χ0) is 8.15. The lowest BCUT2D eigenvalue weighted by molar-refractivity contribution is -0.134. The maximum atomic E-state index is 11.9. The fourth-order valence-corrected chi connectivity index (χ4v) is 0.196. The maximum Gasteiger partial charge on any atom is 0.366 e. The molecule has 56 valence electrons. The Morgan fingerprint density at radius 1 is 1.60 bits per heavy atom. The number of carbonyl (C=O) groups excluding carboxylic acids is 1. The van der Waals surface area contributed by atoms with Crippen LogP contribution >= 0.6 is 0 Å². The summed E-state index contributed by atoms with van der Waals surface area (Å²) in [6.07, 6.45) is 0.366. The molecule has 0 aromatic heterocycles. The number of amides is 2. The molecule has 0 atom stereocenters. The molecule has 5 nitrogen and oxygen atoms in total. The molecule has 0 aromatic carbocycles. The molecule has 0 fully saturated rings. The molecule has 0 saturated carbocycles. The topological polar surface area (TPSA) is 92.4 Å². The molecule has 0 unspecified atom stereocenters. The Labute approximate surface area is 55.3 Å². The van der Waals surface area contributed by atoms with Gasteiger partial charge in [-0.25, -0.2) is 9.59 Å². The molecular formula is C4H5FN2O3. The third-order valence-corrected chi connectivity index (χ3v) is 0.545. The van der Waals surface area contributed by atoms with Crippen molar-refractivity contribution >= 4 is 12.0 Å². The summed E-state index contributed by atoms with van der Waals surface area (Å²) in [4.78, 5) is 19.5. The summed E-state index contributed by atoms with van der Waals surface area (Å²) in [5, 5.41) is 9.51. The summed E-state index contributed by atoms with van der Waals surface area (Å²) in [6.45, 7) is 0. The van der Waals surface area contributed by atoms with E-state index < -0.39 is 17.8 Å². The largest absolute Gasteiger partial charge is 0.476 e. The molecule has 0 aromatic rings. The highest BCUT2D eigenvalue weighted by molar-refractivity contribution is 5.84. The van der Waals surface area contributed by atoms with Crippen LogP contribution in [0, 0.1) is 0 Å². The average Bonchev–Trinajstić information content (AvgIpc) is 1.82. The first-order chi connectivity index (χ1) is 4.54. The van der Waals surface area contributed by atoms with Gasteiger partial charge in [-0.1, -0.05) is 0 Å². The summed E-state index contributed by atoms with van der Waals surface area (Å²) < 4.78 is 11.9. The molecular weight excluding hydrogens is 143 g/mol. The lowest BCUT2D eigenvalue weighted by Gasteiger charge is -1.89. The van der Waals surface area contributed by atoms with E-state index in [0.29, 0.717) is 6.20 Å². The van der Waals surface area contributed by atoms with Crippen molar-refractivity contribution in [2.45, 2.75) is 0 Å². The van der Waals surface area contributed by atoms with Crippen molar-refractivity contribution in [1.82, 2.24) is 5.32 Å². The van der Waals surface area contributed by atoms with Crippen molar-refractivity contribution in [3.05, 3.63) is 12.0 Å². The van der Waals surface area contributed by atoms with E-state index in [9.17, 15) is 14.0 Å². The number of carboxylic acid groups (broad SMARTS) is 1. The van der Waals surface area contributed by atoms with Crippen LogP contribution in [0.15, 0.2) is 12.0 Å². The average molecular weight is 148 g/mol. The first-order valence-electron chi connectivity index (χ1n) is 2.19. The molecule has 4 N–H and O–H groups in total. The summed E-state index contributed by atoms with van der Waals surface area (Å²) >= 11 is 0. The molecule has 0 aliphatic carbocycles. The van der Waals surface area contributed by atoms with E-state index in [1.54, 1.807) is 5.32 Å². The molecule has 2 amide bonds. The Kier molecular flexibility index (Phi) is 2.89. The highest BCUT2D eigenvalue weighted by atomic mass is 19.1. The van der Waals surface area contributed by atoms with Gasteiger partial charge in [-0.2, -0.15) is 4.39 Å². The number of primary amides is 1. The monoisotopic (exact) mass is 148 g/mol. The predicted molar refractivity (Wildman–Crippen MR) is 29.5 cm³/mol. The first-order valence-corrected chi connectivity index (χ1v) is 2.19. The van der Waals surface area contributed by atoms with Gasteiger partial charge in [-0.3, -0.25) is 0 Å². The summed E-state index contributed by atoms with van der Waals surface area (Å²) in [5.41, 5.74) is 4.49. The van der Waals surface area contributed by atoms with Gasteiger partial charge in [0.25, 0.3) is 0 Å². The normalized spacial score (nSPS) is 10.7. The Morgan fingerprint density at radius 2 is 2.10 bits per heavy atom. The molecule has 0 bridgehead atoms. The minimum Gasteiger partial charge on any atom is -0.476 e. The third kappa shape index (κ3) is 3.42. The minimum atomic E-state index is -1.76. The fraction of sp³-hybridized carbons (Fsp3) is 0. The minimum absolute atomic E-state index is 0.366. The first kappa shape index (κ1) is 8.41. The number of nitrogens with one attached hydrogen (secondary N) is 1. The van der Waals surface area contributed by atoms with Crippen LogP contribution in [0.2, 0.25) is 0 Å². The third-order valence-electron chi connectivity index (χ3n) is 0.545. The smallest absolute Gasteiger partial charge is 0.366 e. The van der Waals surface area contributed by atoms with Crippen LogP contribution in [-0.2, 0) is 4.79 Å². The van der Waals surface area contributed by atoms with Gasteiger partial charge in [0.2, 0.25) is 5.83 Å². The van der Waals surface area contributed by atoms with Crippen molar-refractivity contribution in [1.29, 1.82) is 0 Å². The van der Waals surface area contributed by atoms with Gasteiger partial charge in [0.1, 0.15) is 0 Å². The van der Waals surface area contributed by atoms with Gasteiger partial charge in [-0.05, 0) is 0 Å². The SMILES string of the molecule is NC(=O)N/C=C(\F)C(=O)O. The number of carboxylic acids is 1. The second-order valence-corrected chi connectivity index (χ2v) is 1.31. The van der Waals surface area contributed by atoms with Crippen molar-refractivity contribution in [3.8, 4) is 0 Å². The number of hydrogen-bond donors (Lipinski definition) is 3. The number of halogens is 1. The highest BCUT2D eigenvalue weighted by Crippen LogP contribution is 1.91. The van der Waals surface area contributed by atoms with E-state index in [4.69, 9.17) is 5.11 Å². The Morgan fingerprint density at radius 3 is 2.40 bits per heavy atom. The standard InChI is InChI=1S/C4H5FN2O3/c5-2(3(8)9)1-7-4(6)10/h1H,(H,8,9)(H3,6,7,10)/b2-1-. The zero-order valence-corrected chi connectivity index (χ0v) is 4.80. The molecule has 0 aliphatic rings. The maximum absolute atomic E-state index is 11.9. The summed E-state index contributed by atoms with van der Waals surface area (Å²) in [7, 11) is 0. The van der Waals surface area contributed by atoms with Gasteiger partial charge in [0.15, 0.2) is 0 Å². The molecule has 0 spiro atoms.